The number of nitrogen functional groups attached to an aromatic ring is 1. The third kappa shape index (κ3) is 7.32. The van der Waals surface area contributed by atoms with Crippen LogP contribution in [-0.4, -0.2) is 39.2 Å². The molecule has 0 saturated heterocycles. The zero-order valence-corrected chi connectivity index (χ0v) is 26.5. The van der Waals surface area contributed by atoms with Gasteiger partial charge in [0, 0.05) is 27.9 Å². The van der Waals surface area contributed by atoms with E-state index >= 15 is 0 Å². The number of hydrogen-bond acceptors (Lipinski definition) is 15. The Kier molecular flexibility index (Phi) is 9.98. The van der Waals surface area contributed by atoms with Crippen LogP contribution in [0.3, 0.4) is 0 Å². The van der Waals surface area contributed by atoms with Gasteiger partial charge in [0.05, 0.1) is 29.7 Å². The van der Waals surface area contributed by atoms with Crippen LogP contribution >= 0.6 is 12.0 Å². The summed E-state index contributed by atoms with van der Waals surface area (Å²) in [6.07, 6.45) is 0. The minimum Gasteiger partial charge on any atom is -0.505 e. The lowest BCUT2D eigenvalue weighted by Gasteiger charge is -2.11. The molecule has 0 aliphatic carbocycles. The van der Waals surface area contributed by atoms with Crippen molar-refractivity contribution in [1.82, 2.24) is 0 Å². The fourth-order valence-electron chi connectivity index (χ4n) is 4.59. The molecular formula is C28H23N5O11S3. The molecule has 0 aliphatic rings. The van der Waals surface area contributed by atoms with E-state index in [0.717, 1.165) is 0 Å². The van der Waals surface area contributed by atoms with Crippen molar-refractivity contribution in [3.63, 3.8) is 0 Å². The van der Waals surface area contributed by atoms with Crippen LogP contribution in [0, 0.1) is 6.92 Å². The van der Waals surface area contributed by atoms with Crippen LogP contribution in [0.15, 0.2) is 97.0 Å². The van der Waals surface area contributed by atoms with Gasteiger partial charge in [-0.1, -0.05) is 17.2 Å². The van der Waals surface area contributed by atoms with Crippen LogP contribution in [0.1, 0.15) is 5.56 Å². The van der Waals surface area contributed by atoms with Gasteiger partial charge >= 0.3 is 11.4 Å². The van der Waals surface area contributed by atoms with E-state index in [1.165, 1.54) is 43.5 Å². The van der Waals surface area contributed by atoms with E-state index in [-0.39, 0.29) is 55.7 Å². The molecule has 6 N–H and O–H groups in total. The molecule has 5 aromatic rings. The molecule has 244 valence electrons. The minimum absolute atomic E-state index is 0.0133. The van der Waals surface area contributed by atoms with Gasteiger partial charge in [-0.2, -0.15) is 17.7 Å². The highest BCUT2D eigenvalue weighted by Gasteiger charge is 2.22. The summed E-state index contributed by atoms with van der Waals surface area (Å²) in [4.78, 5) is -0.363. The Labute approximate surface area is 272 Å². The third-order valence-electron chi connectivity index (χ3n) is 6.62. The molecule has 0 radical (unpaired) electrons. The average Bonchev–Trinajstić information content (AvgIpc) is 3.01. The summed E-state index contributed by atoms with van der Waals surface area (Å²) in [7, 11) is -3.49. The molecule has 0 aromatic heterocycles. The number of anilines is 1. The molecule has 0 bridgehead atoms. The lowest BCUT2D eigenvalue weighted by Crippen LogP contribution is -2.02. The molecular weight excluding hydrogens is 679 g/mol. The summed E-state index contributed by atoms with van der Waals surface area (Å²) < 4.78 is 70.1. The average molecular weight is 702 g/mol. The molecule has 47 heavy (non-hydrogen) atoms. The fraction of sp³-hybridized carbons (Fsp3) is 0.0714. The molecule has 0 aliphatic heterocycles. The van der Waals surface area contributed by atoms with E-state index in [1.807, 2.05) is 0 Å². The normalized spacial score (nSPS) is 12.8. The van der Waals surface area contributed by atoms with Crippen molar-refractivity contribution >= 4 is 83.5 Å². The van der Waals surface area contributed by atoms with Crippen molar-refractivity contribution in [2.45, 2.75) is 16.7 Å². The maximum absolute atomic E-state index is 12.4. The second-order valence-electron chi connectivity index (χ2n) is 9.53. The Morgan fingerprint density at radius 3 is 2.30 bits per heavy atom. The number of methoxy groups -OCH3 is 1. The first kappa shape index (κ1) is 33.6. The Bertz CT molecular complexity index is 2210. The highest BCUT2D eigenvalue weighted by atomic mass is 32.2. The highest BCUT2D eigenvalue weighted by molar-refractivity contribution is 7.94. The Balaban J connectivity index is 1.54. The molecule has 16 nitrogen and oxygen atoms in total. The van der Waals surface area contributed by atoms with Gasteiger partial charge in [0.15, 0.2) is 5.75 Å². The molecule has 1 unspecified atom stereocenters. The van der Waals surface area contributed by atoms with Gasteiger partial charge < -0.3 is 19.8 Å². The van der Waals surface area contributed by atoms with Crippen molar-refractivity contribution in [2.24, 2.45) is 20.5 Å². The van der Waals surface area contributed by atoms with Gasteiger partial charge in [-0.05, 0) is 66.4 Å². The lowest BCUT2D eigenvalue weighted by molar-refractivity contribution is -0.432. The SMILES string of the molecule is COc1cc(N=Nc2ccc3c(OS(=O)O)cccc3c2S(=O)(=O)O)c(C)cc1N=Nc1c(SOOO)cc2cc(N)ccc2c1O. The lowest BCUT2D eigenvalue weighted by atomic mass is 10.1. The number of aromatic hydroxyl groups is 1. The number of fused-ring (bicyclic) bond motifs is 2. The first-order valence-electron chi connectivity index (χ1n) is 13.0. The summed E-state index contributed by atoms with van der Waals surface area (Å²) in [5.41, 5.74) is 7.04. The van der Waals surface area contributed by atoms with E-state index in [9.17, 15) is 22.3 Å². The number of phenols is 1. The Morgan fingerprint density at radius 2 is 1.60 bits per heavy atom. The monoisotopic (exact) mass is 701 g/mol. The maximum atomic E-state index is 12.4. The summed E-state index contributed by atoms with van der Waals surface area (Å²) in [5, 5.41) is 41.1. The minimum atomic E-state index is -4.86. The number of hydrogen-bond donors (Lipinski definition) is 5. The Hall–Kier alpha value is -4.73. The summed E-state index contributed by atoms with van der Waals surface area (Å²) in [6, 6.07) is 16.2. The van der Waals surface area contributed by atoms with E-state index in [2.05, 4.69) is 29.8 Å². The molecule has 0 saturated carbocycles. The number of ether oxygens (including phenoxy) is 1. The van der Waals surface area contributed by atoms with E-state index in [1.54, 1.807) is 37.3 Å². The zero-order chi connectivity index (χ0) is 33.9. The maximum Gasteiger partial charge on any atom is 0.357 e. The van der Waals surface area contributed by atoms with Gasteiger partial charge in [-0.3, -0.25) is 9.11 Å². The quantitative estimate of drug-likeness (QED) is 0.0169. The van der Waals surface area contributed by atoms with Crippen LogP contribution < -0.4 is 14.7 Å². The largest absolute Gasteiger partial charge is 0.505 e. The Morgan fingerprint density at radius 1 is 0.872 bits per heavy atom. The van der Waals surface area contributed by atoms with Crippen LogP contribution in [0.5, 0.6) is 17.2 Å². The summed E-state index contributed by atoms with van der Waals surface area (Å²) in [5.74, 6) is -0.161. The molecule has 0 amide bonds. The topological polar surface area (TPSA) is 245 Å². The number of nitrogens with zero attached hydrogens (tertiary/aromatic N) is 4. The number of rotatable bonds is 11. The van der Waals surface area contributed by atoms with Gasteiger partial charge in [0.2, 0.25) is 0 Å². The van der Waals surface area contributed by atoms with E-state index in [0.29, 0.717) is 34.1 Å². The van der Waals surface area contributed by atoms with Crippen LogP contribution in [0.2, 0.25) is 0 Å². The van der Waals surface area contributed by atoms with Crippen LogP contribution in [0.4, 0.5) is 28.4 Å². The van der Waals surface area contributed by atoms with Gasteiger partial charge in [0.25, 0.3) is 10.1 Å². The standard InChI is InChI=1S/C28H23N5O11S3/c1-14-10-22(32-33-26-25(45-44-43-35)12-15-11-16(29)6-7-17(15)27(26)34)24(41-2)13-21(14)31-30-20-9-8-18-19(28(20)47(38,39)40)4-3-5-23(18)42-46(36)37/h3-13,34-35H,29H2,1-2H3,(H,36,37)(H,38,39,40). The molecule has 0 spiro atoms. The molecule has 5 aromatic carbocycles. The summed E-state index contributed by atoms with van der Waals surface area (Å²) in [6.45, 7) is 1.67. The second kappa shape index (κ2) is 13.9. The van der Waals surface area contributed by atoms with E-state index < -0.39 is 26.4 Å². The van der Waals surface area contributed by atoms with E-state index in [4.69, 9.17) is 24.5 Å². The van der Waals surface area contributed by atoms with Gasteiger partial charge in [-0.15, -0.1) is 19.7 Å². The fourth-order valence-corrected chi connectivity index (χ4v) is 6.22. The molecule has 19 heteroatoms. The smallest absolute Gasteiger partial charge is 0.357 e. The highest BCUT2D eigenvalue weighted by Crippen LogP contribution is 2.45. The van der Waals surface area contributed by atoms with Crippen molar-refractivity contribution in [1.29, 1.82) is 0 Å². The number of benzene rings is 5. The number of aryl methyl sites for hydroxylation is 1. The summed E-state index contributed by atoms with van der Waals surface area (Å²) >= 11 is -2.12. The van der Waals surface area contributed by atoms with Crippen LogP contribution in [-0.2, 0) is 30.9 Å². The predicted octanol–water partition coefficient (Wildman–Crippen LogP) is 7.62. The van der Waals surface area contributed by atoms with Crippen molar-refractivity contribution in [3.8, 4) is 17.2 Å². The molecule has 5 rings (SSSR count). The van der Waals surface area contributed by atoms with Crippen molar-refractivity contribution in [2.75, 3.05) is 12.8 Å². The number of phenolic OH excluding ortho intramolecular Hbond substituents is 1. The van der Waals surface area contributed by atoms with Crippen molar-refractivity contribution < 1.29 is 50.4 Å². The number of azo groups is 2. The third-order valence-corrected chi connectivity index (χ3v) is 8.51. The predicted molar refractivity (Wildman–Crippen MR) is 172 cm³/mol. The zero-order valence-electron chi connectivity index (χ0n) is 24.1. The molecule has 0 fully saturated rings. The molecule has 1 atom stereocenters. The van der Waals surface area contributed by atoms with Gasteiger partial charge in [-0.25, -0.2) is 5.26 Å². The van der Waals surface area contributed by atoms with Crippen LogP contribution in [0.25, 0.3) is 21.5 Å². The second-order valence-corrected chi connectivity index (χ2v) is 12.2. The molecule has 0 heterocycles. The first-order valence-corrected chi connectivity index (χ1v) is 16.2. The van der Waals surface area contributed by atoms with Crippen molar-refractivity contribution in [3.05, 3.63) is 72.3 Å². The van der Waals surface area contributed by atoms with Gasteiger partial charge in [0.1, 0.15) is 33.5 Å². The first-order chi connectivity index (χ1) is 22.4. The number of nitrogens with two attached hydrogens (primary N) is 1.